The zero-order valence-electron chi connectivity index (χ0n) is 7.27. The van der Waals surface area contributed by atoms with E-state index >= 15 is 0 Å². The van der Waals surface area contributed by atoms with Crippen LogP contribution >= 0.6 is 27.5 Å². The molecule has 0 amide bonds. The Morgan fingerprint density at radius 2 is 2.08 bits per heavy atom. The predicted molar refractivity (Wildman–Crippen MR) is 57.7 cm³/mol. The van der Waals surface area contributed by atoms with Gasteiger partial charge in [-0.2, -0.15) is 0 Å². The highest BCUT2D eigenvalue weighted by molar-refractivity contribution is 9.10. The zero-order chi connectivity index (χ0) is 9.14. The molecule has 12 heavy (non-hydrogen) atoms. The number of benzene rings is 1. The highest BCUT2D eigenvalue weighted by Gasteiger charge is 2.02. The monoisotopic (exact) mass is 246 g/mol. The van der Waals surface area contributed by atoms with Gasteiger partial charge in [0, 0.05) is 9.50 Å². The van der Waals surface area contributed by atoms with Crippen LogP contribution in [0.25, 0.3) is 0 Å². The number of halogens is 2. The first-order chi connectivity index (χ1) is 5.59. The Bertz CT molecular complexity index is 269. The second-order valence-corrected chi connectivity index (χ2v) is 4.66. The van der Waals surface area contributed by atoms with Gasteiger partial charge >= 0.3 is 0 Å². The molecule has 0 radical (unpaired) electrons. The largest absolute Gasteiger partial charge is 0.0840 e. The number of hydrogen-bond donors (Lipinski definition) is 0. The molecule has 1 aromatic rings. The van der Waals surface area contributed by atoms with Crippen LogP contribution < -0.4 is 0 Å². The minimum absolute atomic E-state index is 0.656. The summed E-state index contributed by atoms with van der Waals surface area (Å²) in [7, 11) is 0. The summed E-state index contributed by atoms with van der Waals surface area (Å²) >= 11 is 9.42. The minimum Gasteiger partial charge on any atom is -0.0840 e. The topological polar surface area (TPSA) is 0 Å². The van der Waals surface area contributed by atoms with Gasteiger partial charge in [0.2, 0.25) is 0 Å². The quantitative estimate of drug-likeness (QED) is 0.731. The lowest BCUT2D eigenvalue weighted by Gasteiger charge is -2.06. The van der Waals surface area contributed by atoms with Gasteiger partial charge < -0.3 is 0 Å². The number of hydrogen-bond acceptors (Lipinski definition) is 0. The van der Waals surface area contributed by atoms with E-state index in [0.29, 0.717) is 5.92 Å². The maximum absolute atomic E-state index is 6.04. The van der Waals surface area contributed by atoms with Crippen molar-refractivity contribution in [3.05, 3.63) is 33.3 Å². The molecule has 66 valence electrons. The Balaban J connectivity index is 2.86. The Labute approximate surface area is 87.1 Å². The van der Waals surface area contributed by atoms with Gasteiger partial charge in [0.25, 0.3) is 0 Å². The van der Waals surface area contributed by atoms with Crippen molar-refractivity contribution in [3.63, 3.8) is 0 Å². The average molecular weight is 248 g/mol. The fraction of sp³-hybridized carbons (Fsp3) is 0.400. The summed E-state index contributed by atoms with van der Waals surface area (Å²) < 4.78 is 1.04. The summed E-state index contributed by atoms with van der Waals surface area (Å²) in [5.74, 6) is 0.656. The summed E-state index contributed by atoms with van der Waals surface area (Å²) in [5.41, 5.74) is 1.23. The van der Waals surface area contributed by atoms with E-state index in [1.807, 2.05) is 12.1 Å². The third kappa shape index (κ3) is 2.80. The van der Waals surface area contributed by atoms with Crippen molar-refractivity contribution in [2.24, 2.45) is 5.92 Å². The predicted octanol–water partition coefficient (Wildman–Crippen LogP) is 4.30. The first kappa shape index (κ1) is 10.1. The summed E-state index contributed by atoms with van der Waals surface area (Å²) in [5, 5.41) is 0.859. The van der Waals surface area contributed by atoms with Crippen molar-refractivity contribution in [1.82, 2.24) is 0 Å². The second kappa shape index (κ2) is 4.29. The third-order valence-electron chi connectivity index (χ3n) is 1.64. The van der Waals surface area contributed by atoms with Gasteiger partial charge in [0.1, 0.15) is 0 Å². The van der Waals surface area contributed by atoms with Crippen molar-refractivity contribution in [1.29, 1.82) is 0 Å². The Morgan fingerprint density at radius 3 is 2.58 bits per heavy atom. The fourth-order valence-electron chi connectivity index (χ4n) is 1.13. The lowest BCUT2D eigenvalue weighted by Crippen LogP contribution is -1.94. The molecule has 0 saturated carbocycles. The highest BCUT2D eigenvalue weighted by Crippen LogP contribution is 2.23. The van der Waals surface area contributed by atoms with E-state index in [0.717, 1.165) is 15.9 Å². The van der Waals surface area contributed by atoms with Crippen LogP contribution in [-0.2, 0) is 6.42 Å². The summed E-state index contributed by atoms with van der Waals surface area (Å²) in [4.78, 5) is 0. The van der Waals surface area contributed by atoms with E-state index in [2.05, 4.69) is 35.8 Å². The van der Waals surface area contributed by atoms with Gasteiger partial charge in [-0.15, -0.1) is 0 Å². The molecule has 1 rings (SSSR count). The minimum atomic E-state index is 0.656. The van der Waals surface area contributed by atoms with Gasteiger partial charge in [-0.05, 0) is 30.0 Å². The third-order valence-corrected chi connectivity index (χ3v) is 2.49. The molecular formula is C10H12BrCl. The zero-order valence-corrected chi connectivity index (χ0v) is 9.61. The second-order valence-electron chi connectivity index (χ2n) is 3.33. The molecule has 0 fully saturated rings. The first-order valence-electron chi connectivity index (χ1n) is 4.03. The molecule has 0 aliphatic carbocycles. The molecule has 1 aromatic carbocycles. The molecule has 0 atom stereocenters. The molecule has 0 saturated heterocycles. The van der Waals surface area contributed by atoms with E-state index in [1.54, 1.807) is 0 Å². The average Bonchev–Trinajstić information content (AvgIpc) is 1.94. The summed E-state index contributed by atoms with van der Waals surface area (Å²) in [6, 6.07) is 6.05. The highest BCUT2D eigenvalue weighted by atomic mass is 79.9. The van der Waals surface area contributed by atoms with Crippen molar-refractivity contribution >= 4 is 27.5 Å². The standard InChI is InChI=1S/C10H12BrCl/c1-7(2)5-8-3-4-9(11)6-10(8)12/h3-4,6-7H,5H2,1-2H3. The van der Waals surface area contributed by atoms with Crippen LogP contribution in [0.4, 0.5) is 0 Å². The van der Waals surface area contributed by atoms with Crippen LogP contribution in [0.1, 0.15) is 19.4 Å². The van der Waals surface area contributed by atoms with Crippen molar-refractivity contribution in [3.8, 4) is 0 Å². The van der Waals surface area contributed by atoms with Gasteiger partial charge in [0.15, 0.2) is 0 Å². The van der Waals surface area contributed by atoms with Crippen LogP contribution in [0.15, 0.2) is 22.7 Å². The van der Waals surface area contributed by atoms with Crippen LogP contribution in [0.2, 0.25) is 5.02 Å². The SMILES string of the molecule is CC(C)Cc1ccc(Br)cc1Cl. The van der Waals surface area contributed by atoms with E-state index < -0.39 is 0 Å². The summed E-state index contributed by atoms with van der Waals surface area (Å²) in [6.45, 7) is 4.39. The molecule has 0 N–H and O–H groups in total. The molecule has 0 aliphatic rings. The maximum Gasteiger partial charge on any atom is 0.0449 e. The van der Waals surface area contributed by atoms with Gasteiger partial charge in [-0.25, -0.2) is 0 Å². The van der Waals surface area contributed by atoms with Gasteiger partial charge in [-0.3, -0.25) is 0 Å². The van der Waals surface area contributed by atoms with E-state index in [4.69, 9.17) is 11.6 Å². The molecule has 0 aromatic heterocycles. The molecule has 0 heterocycles. The lowest BCUT2D eigenvalue weighted by molar-refractivity contribution is 0.647. The molecule has 0 aliphatic heterocycles. The molecule has 0 spiro atoms. The van der Waals surface area contributed by atoms with E-state index in [9.17, 15) is 0 Å². The maximum atomic E-state index is 6.04. The van der Waals surface area contributed by atoms with E-state index in [-0.39, 0.29) is 0 Å². The van der Waals surface area contributed by atoms with Crippen LogP contribution in [0.5, 0.6) is 0 Å². The molecule has 0 nitrogen and oxygen atoms in total. The molecular weight excluding hydrogens is 235 g/mol. The fourth-order valence-corrected chi connectivity index (χ4v) is 1.88. The molecule has 0 unspecified atom stereocenters. The first-order valence-corrected chi connectivity index (χ1v) is 5.20. The molecule has 2 heteroatoms. The van der Waals surface area contributed by atoms with Crippen LogP contribution in [0.3, 0.4) is 0 Å². The Kier molecular flexibility index (Phi) is 3.60. The molecule has 0 bridgehead atoms. The Morgan fingerprint density at radius 1 is 1.42 bits per heavy atom. The van der Waals surface area contributed by atoms with Crippen molar-refractivity contribution < 1.29 is 0 Å². The van der Waals surface area contributed by atoms with Crippen LogP contribution in [-0.4, -0.2) is 0 Å². The summed E-state index contributed by atoms with van der Waals surface area (Å²) in [6.07, 6.45) is 1.05. The van der Waals surface area contributed by atoms with Gasteiger partial charge in [-0.1, -0.05) is 47.4 Å². The number of rotatable bonds is 2. The van der Waals surface area contributed by atoms with Crippen molar-refractivity contribution in [2.45, 2.75) is 20.3 Å². The van der Waals surface area contributed by atoms with Crippen LogP contribution in [0, 0.1) is 5.92 Å². The van der Waals surface area contributed by atoms with Gasteiger partial charge in [0.05, 0.1) is 0 Å². The Hall–Kier alpha value is -0.0100. The normalized spacial score (nSPS) is 10.8. The lowest BCUT2D eigenvalue weighted by atomic mass is 10.0. The van der Waals surface area contributed by atoms with E-state index in [1.165, 1.54) is 5.56 Å². The van der Waals surface area contributed by atoms with Crippen molar-refractivity contribution in [2.75, 3.05) is 0 Å². The smallest absolute Gasteiger partial charge is 0.0449 e.